The van der Waals surface area contributed by atoms with Crippen LogP contribution in [0.1, 0.15) is 12.0 Å². The molecule has 4 rings (SSSR count). The van der Waals surface area contributed by atoms with Crippen LogP contribution in [0, 0.1) is 0 Å². The molecule has 0 radical (unpaired) electrons. The minimum absolute atomic E-state index is 0.0368. The first-order valence-corrected chi connectivity index (χ1v) is 14.2. The largest absolute Gasteiger partial charge is 0.508 e. The number of rotatable bonds is 11. The summed E-state index contributed by atoms with van der Waals surface area (Å²) in [6.07, 6.45) is 2.78. The molecule has 184 valence electrons. The lowest BCUT2D eigenvalue weighted by molar-refractivity contribution is 0.474. The number of aromatic nitrogens is 4. The molecule has 35 heavy (non-hydrogen) atoms. The van der Waals surface area contributed by atoms with Crippen LogP contribution in [-0.4, -0.2) is 57.9 Å². The number of imidazole rings is 1. The topological polar surface area (TPSA) is 149 Å². The summed E-state index contributed by atoms with van der Waals surface area (Å²) in [7, 11) is -3.50. The summed E-state index contributed by atoms with van der Waals surface area (Å²) in [6.45, 7) is 0.953. The smallest absolute Gasteiger partial charge is 0.226 e. The summed E-state index contributed by atoms with van der Waals surface area (Å²) < 4.78 is 1.87. The predicted molar refractivity (Wildman–Crippen MR) is 141 cm³/mol. The average molecular weight is 535 g/mol. The molecule has 13 heteroatoms. The predicted octanol–water partition coefficient (Wildman–Crippen LogP) is 4.42. The molecule has 0 amide bonds. The Morgan fingerprint density at radius 2 is 1.86 bits per heavy atom. The molecule has 0 saturated heterocycles. The summed E-state index contributed by atoms with van der Waals surface area (Å²) in [6, 6.07) is 14.3. The lowest BCUT2D eigenvalue weighted by Crippen LogP contribution is -2.10. The molecule has 0 aliphatic heterocycles. The lowest BCUT2D eigenvalue weighted by atomic mass is 10.2. The molecular weight excluding hydrogens is 510 g/mol. The maximum atomic E-state index is 9.91. The normalized spacial score (nSPS) is 12.3. The highest BCUT2D eigenvalue weighted by molar-refractivity contribution is 7.66. The lowest BCUT2D eigenvalue weighted by Gasteiger charge is -2.13. The molecule has 10 nitrogen and oxygen atoms in total. The van der Waals surface area contributed by atoms with Crippen LogP contribution in [0.5, 0.6) is 5.75 Å². The molecule has 1 atom stereocenters. The second-order valence-electron chi connectivity index (χ2n) is 7.77. The molecule has 0 fully saturated rings. The molecule has 0 spiro atoms. The molecule has 0 aliphatic carbocycles. The number of aromatic hydroxyl groups is 1. The van der Waals surface area contributed by atoms with Crippen LogP contribution in [-0.2, 0) is 6.54 Å². The monoisotopic (exact) mass is 534 g/mol. The third-order valence-electron chi connectivity index (χ3n) is 4.98. The van der Waals surface area contributed by atoms with E-state index in [-0.39, 0.29) is 11.7 Å². The fraction of sp³-hybridized carbons (Fsp3) is 0.227. The Kier molecular flexibility index (Phi) is 8.68. The van der Waals surface area contributed by atoms with E-state index in [9.17, 15) is 10.00 Å². The van der Waals surface area contributed by atoms with Crippen molar-refractivity contribution in [2.24, 2.45) is 0 Å². The first-order valence-electron chi connectivity index (χ1n) is 10.7. The number of halogens is 1. The Hall–Kier alpha value is -2.58. The summed E-state index contributed by atoms with van der Waals surface area (Å²) in [4.78, 5) is 41.8. The molecule has 2 heterocycles. The highest BCUT2D eigenvalue weighted by atomic mass is 35.5. The summed E-state index contributed by atoms with van der Waals surface area (Å²) >= 11 is 6.13. The fourth-order valence-corrected chi connectivity index (χ4v) is 5.91. The van der Waals surface area contributed by atoms with Crippen LogP contribution in [0.4, 0.5) is 17.5 Å². The Morgan fingerprint density at radius 3 is 2.63 bits per heavy atom. The maximum Gasteiger partial charge on any atom is 0.226 e. The van der Waals surface area contributed by atoms with E-state index in [4.69, 9.17) is 21.4 Å². The number of nitrogens with one attached hydrogen (secondary N) is 2. The van der Waals surface area contributed by atoms with Crippen molar-refractivity contribution in [1.82, 2.24) is 19.5 Å². The molecule has 2 aromatic heterocycles. The van der Waals surface area contributed by atoms with Crippen molar-refractivity contribution in [3.8, 4) is 5.75 Å². The number of benzene rings is 2. The zero-order valence-electron chi connectivity index (χ0n) is 18.6. The van der Waals surface area contributed by atoms with Gasteiger partial charge in [0, 0.05) is 25.4 Å². The van der Waals surface area contributed by atoms with Crippen LogP contribution in [0.15, 0.2) is 54.9 Å². The Morgan fingerprint density at radius 1 is 1.03 bits per heavy atom. The van der Waals surface area contributed by atoms with E-state index in [0.717, 1.165) is 11.3 Å². The van der Waals surface area contributed by atoms with Gasteiger partial charge in [-0.25, -0.2) is 4.98 Å². The van der Waals surface area contributed by atoms with Crippen molar-refractivity contribution in [2.45, 2.75) is 13.0 Å². The van der Waals surface area contributed by atoms with Gasteiger partial charge in [-0.2, -0.15) is 9.97 Å². The number of anilines is 3. The number of hydrogen-bond acceptors (Lipinski definition) is 9. The summed E-state index contributed by atoms with van der Waals surface area (Å²) in [5.74, 6) is 1.11. The first-order chi connectivity index (χ1) is 16.9. The van der Waals surface area contributed by atoms with Crippen molar-refractivity contribution < 1.29 is 19.8 Å². The Labute approximate surface area is 209 Å². The van der Waals surface area contributed by atoms with Gasteiger partial charge in [-0.1, -0.05) is 29.8 Å². The van der Waals surface area contributed by atoms with Crippen LogP contribution < -0.4 is 10.6 Å². The second kappa shape index (κ2) is 11.9. The number of nitrogens with zero attached hydrogens (tertiary/aromatic N) is 4. The van der Waals surface area contributed by atoms with Crippen molar-refractivity contribution in [3.05, 3.63) is 65.4 Å². The van der Waals surface area contributed by atoms with Gasteiger partial charge in [0.25, 0.3) is 0 Å². The van der Waals surface area contributed by atoms with Crippen LogP contribution in [0.3, 0.4) is 0 Å². The van der Waals surface area contributed by atoms with E-state index < -0.39 is 16.5 Å². The third-order valence-corrected chi connectivity index (χ3v) is 8.37. The van der Waals surface area contributed by atoms with Gasteiger partial charge in [-0.15, -0.1) is 0 Å². The SMILES string of the molecule is Oc1cccc(Cn2cnc3c(Nc4cccc(Cl)c4)nc(NCCCP(O)CP(O)O)nc32)c1. The summed E-state index contributed by atoms with van der Waals surface area (Å²) in [5.41, 5.74) is 2.83. The van der Waals surface area contributed by atoms with Gasteiger partial charge in [0.1, 0.15) is 5.75 Å². The maximum absolute atomic E-state index is 9.91. The molecule has 4 aromatic rings. The zero-order valence-corrected chi connectivity index (χ0v) is 21.1. The first kappa shape index (κ1) is 25.5. The van der Waals surface area contributed by atoms with Gasteiger partial charge >= 0.3 is 0 Å². The number of hydrogen-bond donors (Lipinski definition) is 6. The van der Waals surface area contributed by atoms with Gasteiger partial charge in [-0.3, -0.25) is 0 Å². The Bertz CT molecular complexity index is 1290. The minimum Gasteiger partial charge on any atom is -0.508 e. The molecule has 1 unspecified atom stereocenters. The van der Waals surface area contributed by atoms with Gasteiger partial charge in [0.05, 0.1) is 18.8 Å². The van der Waals surface area contributed by atoms with Gasteiger partial charge in [0.2, 0.25) is 5.95 Å². The van der Waals surface area contributed by atoms with Crippen LogP contribution in [0.25, 0.3) is 11.2 Å². The Balaban J connectivity index is 1.58. The van der Waals surface area contributed by atoms with Crippen molar-refractivity contribution in [1.29, 1.82) is 0 Å². The molecule has 2 aromatic carbocycles. The molecule has 0 aliphatic rings. The molecular formula is C22H25ClN6O4P2. The number of fused-ring (bicyclic) bond motifs is 1. The van der Waals surface area contributed by atoms with Crippen LogP contribution in [0.2, 0.25) is 5.02 Å². The van der Waals surface area contributed by atoms with Crippen molar-refractivity contribution >= 4 is 56.7 Å². The van der Waals surface area contributed by atoms with E-state index in [2.05, 4.69) is 25.6 Å². The van der Waals surface area contributed by atoms with Gasteiger partial charge < -0.3 is 35.0 Å². The fourth-order valence-electron chi connectivity index (χ4n) is 3.46. The molecule has 0 saturated carbocycles. The van der Waals surface area contributed by atoms with E-state index in [1.54, 1.807) is 36.7 Å². The van der Waals surface area contributed by atoms with Gasteiger partial charge in [0.15, 0.2) is 25.4 Å². The highest BCUT2D eigenvalue weighted by Gasteiger charge is 2.15. The van der Waals surface area contributed by atoms with E-state index in [0.29, 0.717) is 53.6 Å². The van der Waals surface area contributed by atoms with E-state index in [1.165, 1.54) is 0 Å². The minimum atomic E-state index is -2.09. The second-order valence-corrected chi connectivity index (χ2v) is 11.5. The van der Waals surface area contributed by atoms with E-state index >= 15 is 0 Å². The number of phenols is 1. The average Bonchev–Trinajstić information content (AvgIpc) is 3.19. The number of phenolic OH excluding ortho intramolecular Hbond substituents is 1. The molecule has 0 bridgehead atoms. The summed E-state index contributed by atoms with van der Waals surface area (Å²) in [5, 5.41) is 16.8. The van der Waals surface area contributed by atoms with Crippen molar-refractivity contribution in [3.63, 3.8) is 0 Å². The van der Waals surface area contributed by atoms with E-state index in [1.807, 2.05) is 22.8 Å². The van der Waals surface area contributed by atoms with Gasteiger partial charge in [-0.05, 0) is 48.5 Å². The quantitative estimate of drug-likeness (QED) is 0.121. The molecule has 6 N–H and O–H groups in total. The third kappa shape index (κ3) is 7.21. The zero-order chi connectivity index (χ0) is 24.8. The van der Waals surface area contributed by atoms with Crippen molar-refractivity contribution in [2.75, 3.05) is 29.2 Å². The van der Waals surface area contributed by atoms with Crippen LogP contribution >= 0.6 is 28.1 Å². The highest BCUT2D eigenvalue weighted by Crippen LogP contribution is 2.43. The standard InChI is InChI=1S/C22H25ClN6O4P2/c23-16-5-2-6-17(11-16)26-20-19-21(29(13-25-19)12-15-4-1-7-18(30)10-15)28-22(27-20)24-8-3-9-34(31)14-35(32)33/h1-2,4-7,10-11,13,30-33H,3,8-9,12,14H2,(H2,24,26,27,28).